The lowest BCUT2D eigenvalue weighted by molar-refractivity contribution is -0.384. The number of nitro groups is 1. The van der Waals surface area contributed by atoms with Gasteiger partial charge in [-0.15, -0.1) is 0 Å². The number of thiocarbonyl (C=S) groups is 1. The predicted octanol–water partition coefficient (Wildman–Crippen LogP) is 5.54. The second-order valence-corrected chi connectivity index (χ2v) is 11.0. The lowest BCUT2D eigenvalue weighted by Crippen LogP contribution is -2.35. The van der Waals surface area contributed by atoms with Crippen molar-refractivity contribution in [3.63, 3.8) is 0 Å². The maximum Gasteiger partial charge on any atom is 0.325 e. The van der Waals surface area contributed by atoms with E-state index < -0.39 is 16.8 Å². The van der Waals surface area contributed by atoms with Gasteiger partial charge in [0, 0.05) is 12.1 Å². The molecule has 1 saturated heterocycles. The molecular weight excluding hydrogens is 764 g/mol. The van der Waals surface area contributed by atoms with Crippen molar-refractivity contribution in [2.45, 2.75) is 6.61 Å². The molecule has 4 rings (SSSR count). The van der Waals surface area contributed by atoms with Crippen LogP contribution in [0.15, 0.2) is 66.4 Å². The van der Waals surface area contributed by atoms with E-state index in [1.165, 1.54) is 29.0 Å². The van der Waals surface area contributed by atoms with Gasteiger partial charge in [0.15, 0.2) is 5.11 Å². The van der Waals surface area contributed by atoms with Gasteiger partial charge in [0.05, 0.1) is 32.0 Å². The minimum atomic E-state index is -0.549. The number of hydrogen-bond donors (Lipinski definition) is 0. The van der Waals surface area contributed by atoms with Gasteiger partial charge in [0.25, 0.3) is 11.6 Å². The standard InChI is InChI=1S/C27H21I2N3O7S/c1-37-20-8-6-18(7-9-20)31-26(34)23(30(27(31)40)14-24(33)38-2)13-17-11-21(28)25(22(29)12-17)39-15-16-4-3-5-19(10-16)32(35)36/h3-13H,14-15H2,1-2H3/b23-13-. The second-order valence-electron chi connectivity index (χ2n) is 8.34. The van der Waals surface area contributed by atoms with Crippen molar-refractivity contribution < 1.29 is 28.7 Å². The van der Waals surface area contributed by atoms with Crippen molar-refractivity contribution in [3.8, 4) is 11.5 Å². The summed E-state index contributed by atoms with van der Waals surface area (Å²) in [5.41, 5.74) is 2.08. The van der Waals surface area contributed by atoms with E-state index in [1.54, 1.807) is 49.6 Å². The van der Waals surface area contributed by atoms with Crippen LogP contribution in [0.3, 0.4) is 0 Å². The Morgan fingerprint density at radius 2 is 1.75 bits per heavy atom. The van der Waals surface area contributed by atoms with Crippen molar-refractivity contribution in [1.82, 2.24) is 4.90 Å². The molecule has 0 aromatic heterocycles. The molecule has 0 aliphatic carbocycles. The highest BCUT2D eigenvalue weighted by Gasteiger charge is 2.40. The van der Waals surface area contributed by atoms with Gasteiger partial charge in [-0.25, -0.2) is 0 Å². The van der Waals surface area contributed by atoms with Crippen LogP contribution in [0.5, 0.6) is 11.5 Å². The molecule has 1 aliphatic heterocycles. The van der Waals surface area contributed by atoms with Gasteiger partial charge in [0.1, 0.15) is 30.3 Å². The molecule has 1 aliphatic rings. The van der Waals surface area contributed by atoms with Crippen LogP contribution in [0, 0.1) is 17.3 Å². The average Bonchev–Trinajstić information content (AvgIpc) is 3.16. The quantitative estimate of drug-likeness (QED) is 0.0690. The Morgan fingerprint density at radius 3 is 2.35 bits per heavy atom. The maximum absolute atomic E-state index is 13.6. The Morgan fingerprint density at radius 1 is 1.07 bits per heavy atom. The Labute approximate surface area is 262 Å². The fraction of sp³-hybridized carbons (Fsp3) is 0.148. The zero-order chi connectivity index (χ0) is 29.0. The number of nitro benzene ring substituents is 1. The zero-order valence-corrected chi connectivity index (χ0v) is 26.3. The first kappa shape index (κ1) is 29.7. The Balaban J connectivity index is 1.64. The van der Waals surface area contributed by atoms with Gasteiger partial charge in [-0.3, -0.25) is 24.6 Å². The van der Waals surface area contributed by atoms with E-state index in [0.717, 1.165) is 7.14 Å². The number of non-ortho nitro benzene ring substituents is 1. The fourth-order valence-electron chi connectivity index (χ4n) is 3.86. The van der Waals surface area contributed by atoms with Gasteiger partial charge in [-0.05, 0) is 111 Å². The molecule has 40 heavy (non-hydrogen) atoms. The zero-order valence-electron chi connectivity index (χ0n) is 21.1. The summed E-state index contributed by atoms with van der Waals surface area (Å²) in [7, 11) is 2.82. The minimum Gasteiger partial charge on any atom is -0.497 e. The molecule has 0 radical (unpaired) electrons. The number of esters is 1. The summed E-state index contributed by atoms with van der Waals surface area (Å²) in [6.07, 6.45) is 1.66. The molecular formula is C27H21I2N3O7S. The smallest absolute Gasteiger partial charge is 0.325 e. The van der Waals surface area contributed by atoms with E-state index >= 15 is 0 Å². The van der Waals surface area contributed by atoms with Crippen LogP contribution in [0.1, 0.15) is 11.1 Å². The number of rotatable bonds is 9. The van der Waals surface area contributed by atoms with Gasteiger partial charge < -0.3 is 19.1 Å². The first-order valence-corrected chi connectivity index (χ1v) is 14.1. The number of halogens is 2. The molecule has 0 unspecified atom stereocenters. The lowest BCUT2D eigenvalue weighted by atomic mass is 10.1. The summed E-state index contributed by atoms with van der Waals surface area (Å²) in [5, 5.41) is 11.2. The number of ether oxygens (including phenoxy) is 3. The van der Waals surface area contributed by atoms with Gasteiger partial charge in [-0.2, -0.15) is 0 Å². The molecule has 0 spiro atoms. The third-order valence-corrected chi connectivity index (χ3v) is 7.81. The number of hydrogen-bond acceptors (Lipinski definition) is 8. The van der Waals surface area contributed by atoms with Crippen LogP contribution in [-0.4, -0.2) is 47.6 Å². The summed E-state index contributed by atoms with van der Waals surface area (Å²) in [5.74, 6) is 0.289. The van der Waals surface area contributed by atoms with Crippen LogP contribution in [-0.2, 0) is 20.9 Å². The van der Waals surface area contributed by atoms with Crippen LogP contribution >= 0.6 is 57.4 Å². The highest BCUT2D eigenvalue weighted by molar-refractivity contribution is 14.1. The molecule has 206 valence electrons. The summed E-state index contributed by atoms with van der Waals surface area (Å²) >= 11 is 9.87. The van der Waals surface area contributed by atoms with E-state index in [9.17, 15) is 19.7 Å². The molecule has 10 nitrogen and oxygen atoms in total. The molecule has 3 aromatic rings. The summed E-state index contributed by atoms with van der Waals surface area (Å²) in [6.45, 7) is -0.0945. The molecule has 1 heterocycles. The Hall–Kier alpha value is -3.31. The molecule has 1 amide bonds. The molecule has 13 heteroatoms. The Kier molecular flexibility index (Phi) is 9.57. The van der Waals surface area contributed by atoms with E-state index in [1.807, 2.05) is 12.1 Å². The molecule has 0 atom stereocenters. The average molecular weight is 785 g/mol. The number of carbonyl (C=O) groups is 2. The number of anilines is 1. The van der Waals surface area contributed by atoms with Crippen molar-refractivity contribution in [1.29, 1.82) is 0 Å². The van der Waals surface area contributed by atoms with Crippen molar-refractivity contribution in [2.24, 2.45) is 0 Å². The molecule has 0 N–H and O–H groups in total. The van der Waals surface area contributed by atoms with Crippen LogP contribution in [0.2, 0.25) is 0 Å². The highest BCUT2D eigenvalue weighted by Crippen LogP contribution is 2.34. The number of benzene rings is 3. The molecule has 0 bridgehead atoms. The third kappa shape index (κ3) is 6.52. The topological polar surface area (TPSA) is 111 Å². The number of carbonyl (C=O) groups excluding carboxylic acids is 2. The number of methoxy groups -OCH3 is 2. The van der Waals surface area contributed by atoms with Crippen LogP contribution in [0.25, 0.3) is 6.08 Å². The first-order valence-electron chi connectivity index (χ1n) is 11.6. The predicted molar refractivity (Wildman–Crippen MR) is 169 cm³/mol. The summed E-state index contributed by atoms with van der Waals surface area (Å²) < 4.78 is 17.6. The largest absolute Gasteiger partial charge is 0.497 e. The van der Waals surface area contributed by atoms with E-state index in [-0.39, 0.29) is 29.6 Å². The fourth-order valence-corrected chi connectivity index (χ4v) is 6.34. The van der Waals surface area contributed by atoms with E-state index in [2.05, 4.69) is 45.2 Å². The monoisotopic (exact) mass is 785 g/mol. The van der Waals surface area contributed by atoms with E-state index in [0.29, 0.717) is 28.3 Å². The highest BCUT2D eigenvalue weighted by atomic mass is 127. The first-order chi connectivity index (χ1) is 19.1. The third-order valence-electron chi connectivity index (χ3n) is 5.81. The van der Waals surface area contributed by atoms with Crippen LogP contribution < -0.4 is 14.4 Å². The van der Waals surface area contributed by atoms with E-state index in [4.69, 9.17) is 26.4 Å². The van der Waals surface area contributed by atoms with Crippen molar-refractivity contribution in [3.05, 3.63) is 94.7 Å². The number of nitrogens with zero attached hydrogens (tertiary/aromatic N) is 3. The molecule has 1 fully saturated rings. The Bertz CT molecular complexity index is 1510. The molecule has 0 saturated carbocycles. The van der Waals surface area contributed by atoms with Gasteiger partial charge >= 0.3 is 5.97 Å². The van der Waals surface area contributed by atoms with Gasteiger partial charge in [0.2, 0.25) is 0 Å². The maximum atomic E-state index is 13.6. The van der Waals surface area contributed by atoms with Crippen LogP contribution in [0.4, 0.5) is 11.4 Å². The summed E-state index contributed by atoms with van der Waals surface area (Å²) in [6, 6.07) is 16.8. The minimum absolute atomic E-state index is 0.00759. The van der Waals surface area contributed by atoms with Gasteiger partial charge in [-0.1, -0.05) is 12.1 Å². The normalized spacial score (nSPS) is 14.1. The van der Waals surface area contributed by atoms with Crippen molar-refractivity contribution in [2.75, 3.05) is 25.7 Å². The van der Waals surface area contributed by atoms with Crippen molar-refractivity contribution >= 4 is 91.8 Å². The number of amides is 1. The summed E-state index contributed by atoms with van der Waals surface area (Å²) in [4.78, 5) is 39.2. The SMILES string of the molecule is COC(=O)CN1C(=S)N(c2ccc(OC)cc2)C(=O)/C1=C/c1cc(I)c(OCc2cccc([N+](=O)[O-])c2)c(I)c1. The second kappa shape index (κ2) is 12.9. The molecule has 3 aromatic carbocycles. The lowest BCUT2D eigenvalue weighted by Gasteiger charge is -2.19.